The molecule has 2 N–H and O–H groups in total. The van der Waals surface area contributed by atoms with E-state index in [4.69, 9.17) is 9.15 Å². The van der Waals surface area contributed by atoms with Gasteiger partial charge in [0, 0.05) is 29.2 Å². The third-order valence-electron chi connectivity index (χ3n) is 5.20. The Morgan fingerprint density at radius 3 is 2.26 bits per heavy atom. The fourth-order valence-electron chi connectivity index (χ4n) is 3.72. The van der Waals surface area contributed by atoms with Crippen LogP contribution in [0.15, 0.2) is 82.0 Å². The van der Waals surface area contributed by atoms with Crippen LogP contribution in [-0.2, 0) is 9.53 Å². The molecule has 4 aromatic rings. The Morgan fingerprint density at radius 2 is 1.61 bits per heavy atom. The van der Waals surface area contributed by atoms with Gasteiger partial charge in [-0.05, 0) is 5.56 Å². The van der Waals surface area contributed by atoms with E-state index in [2.05, 4.69) is 0 Å². The molecule has 0 bridgehead atoms. The highest BCUT2D eigenvalue weighted by Crippen LogP contribution is 2.42. The molecular weight excluding hydrogens is 396 g/mol. The Balaban J connectivity index is 2.04. The molecule has 156 valence electrons. The summed E-state index contributed by atoms with van der Waals surface area (Å²) < 4.78 is 10.9. The maximum atomic E-state index is 12.9. The zero-order valence-corrected chi connectivity index (χ0v) is 16.7. The molecule has 1 heterocycles. The number of hydrogen-bond acceptors (Lipinski definition) is 6. The molecule has 1 atom stereocenters. The number of esters is 1. The quantitative estimate of drug-likeness (QED) is 0.463. The summed E-state index contributed by atoms with van der Waals surface area (Å²) in [6.45, 7) is 0. The van der Waals surface area contributed by atoms with Gasteiger partial charge in [-0.3, -0.25) is 9.59 Å². The van der Waals surface area contributed by atoms with Gasteiger partial charge in [0.2, 0.25) is 0 Å². The third-order valence-corrected chi connectivity index (χ3v) is 5.20. The van der Waals surface area contributed by atoms with Gasteiger partial charge >= 0.3 is 5.97 Å². The van der Waals surface area contributed by atoms with Crippen LogP contribution in [0.2, 0.25) is 0 Å². The van der Waals surface area contributed by atoms with Gasteiger partial charge in [-0.2, -0.15) is 0 Å². The highest BCUT2D eigenvalue weighted by Gasteiger charge is 2.28. The lowest BCUT2D eigenvalue weighted by Crippen LogP contribution is -2.12. The van der Waals surface area contributed by atoms with Gasteiger partial charge in [0.1, 0.15) is 28.2 Å². The molecule has 0 amide bonds. The van der Waals surface area contributed by atoms with Gasteiger partial charge in [-0.25, -0.2) is 0 Å². The number of hydrogen-bond donors (Lipinski definition) is 2. The second kappa shape index (κ2) is 8.36. The molecular formula is C25H20O6. The minimum absolute atomic E-state index is 0.0293. The monoisotopic (exact) mass is 416 g/mol. The average molecular weight is 416 g/mol. The van der Waals surface area contributed by atoms with Crippen LogP contribution in [0.4, 0.5) is 0 Å². The van der Waals surface area contributed by atoms with Gasteiger partial charge in [-0.15, -0.1) is 0 Å². The van der Waals surface area contributed by atoms with E-state index in [1.54, 1.807) is 12.1 Å². The van der Waals surface area contributed by atoms with Crippen molar-refractivity contribution in [2.24, 2.45) is 0 Å². The molecule has 0 fully saturated rings. The Morgan fingerprint density at radius 1 is 0.968 bits per heavy atom. The normalized spacial score (nSPS) is 11.9. The average Bonchev–Trinajstić information content (AvgIpc) is 2.78. The molecule has 0 saturated heterocycles. The van der Waals surface area contributed by atoms with Crippen molar-refractivity contribution in [2.45, 2.75) is 12.3 Å². The van der Waals surface area contributed by atoms with E-state index in [1.165, 1.54) is 13.2 Å². The number of carbonyl (C=O) groups is 1. The molecule has 1 aromatic heterocycles. The highest BCUT2D eigenvalue weighted by atomic mass is 16.5. The maximum absolute atomic E-state index is 12.9. The Bertz CT molecular complexity index is 1290. The van der Waals surface area contributed by atoms with Crippen molar-refractivity contribution < 1.29 is 24.2 Å². The molecule has 3 aromatic carbocycles. The van der Waals surface area contributed by atoms with Gasteiger partial charge in [-0.1, -0.05) is 60.7 Å². The smallest absolute Gasteiger partial charge is 0.306 e. The Kier molecular flexibility index (Phi) is 5.45. The molecule has 0 aliphatic heterocycles. The van der Waals surface area contributed by atoms with Crippen molar-refractivity contribution in [1.82, 2.24) is 0 Å². The van der Waals surface area contributed by atoms with Crippen molar-refractivity contribution in [3.63, 3.8) is 0 Å². The first-order valence-electron chi connectivity index (χ1n) is 9.69. The van der Waals surface area contributed by atoms with Crippen LogP contribution < -0.4 is 5.43 Å². The van der Waals surface area contributed by atoms with E-state index in [0.717, 1.165) is 11.6 Å². The van der Waals surface area contributed by atoms with E-state index >= 15 is 0 Å². The minimum atomic E-state index is -0.661. The number of aromatic hydroxyl groups is 2. The first-order valence-corrected chi connectivity index (χ1v) is 9.69. The maximum Gasteiger partial charge on any atom is 0.306 e. The van der Waals surface area contributed by atoms with E-state index < -0.39 is 23.1 Å². The van der Waals surface area contributed by atoms with Crippen LogP contribution in [0.25, 0.3) is 22.3 Å². The first-order chi connectivity index (χ1) is 15.0. The molecule has 6 heteroatoms. The Labute approximate surface area is 178 Å². The zero-order valence-electron chi connectivity index (χ0n) is 16.7. The zero-order chi connectivity index (χ0) is 22.0. The predicted octanol–water partition coefficient (Wildman–Crippen LogP) is 4.57. The van der Waals surface area contributed by atoms with Crippen molar-refractivity contribution in [2.75, 3.05) is 7.11 Å². The lowest BCUT2D eigenvalue weighted by atomic mass is 9.86. The fourth-order valence-corrected chi connectivity index (χ4v) is 3.72. The predicted molar refractivity (Wildman–Crippen MR) is 116 cm³/mol. The second-order valence-corrected chi connectivity index (χ2v) is 7.12. The number of carbonyl (C=O) groups excluding carboxylic acids is 1. The van der Waals surface area contributed by atoms with Crippen LogP contribution in [0, 0.1) is 0 Å². The third kappa shape index (κ3) is 3.88. The standard InChI is InChI=1S/C25H20O6/c1-30-22(29)12-17(15-8-4-2-5-9-15)23-18(26)13-19(27)24-20(28)14-21(31-25(23)24)16-10-6-3-7-11-16/h2-11,13-14,17,26-27H,12H2,1H3. The summed E-state index contributed by atoms with van der Waals surface area (Å²) in [5.41, 5.74) is 1.20. The molecule has 31 heavy (non-hydrogen) atoms. The van der Waals surface area contributed by atoms with Gasteiger partial charge < -0.3 is 19.4 Å². The van der Waals surface area contributed by atoms with Gasteiger partial charge in [0.15, 0.2) is 5.43 Å². The molecule has 0 aliphatic carbocycles. The van der Waals surface area contributed by atoms with Crippen LogP contribution >= 0.6 is 0 Å². The van der Waals surface area contributed by atoms with Crippen LogP contribution in [0.1, 0.15) is 23.5 Å². The van der Waals surface area contributed by atoms with E-state index in [9.17, 15) is 19.8 Å². The fraction of sp³-hybridized carbons (Fsp3) is 0.120. The minimum Gasteiger partial charge on any atom is -0.507 e. The summed E-state index contributed by atoms with van der Waals surface area (Å²) in [4.78, 5) is 25.1. The van der Waals surface area contributed by atoms with Crippen LogP contribution in [0.5, 0.6) is 11.5 Å². The van der Waals surface area contributed by atoms with Gasteiger partial charge in [0.05, 0.1) is 13.5 Å². The molecule has 0 spiro atoms. The largest absolute Gasteiger partial charge is 0.507 e. The summed E-state index contributed by atoms with van der Waals surface area (Å²) in [6, 6.07) is 20.5. The summed E-state index contributed by atoms with van der Waals surface area (Å²) in [5, 5.41) is 21.1. The molecule has 6 nitrogen and oxygen atoms in total. The summed E-state index contributed by atoms with van der Waals surface area (Å²) in [7, 11) is 1.28. The number of ether oxygens (including phenoxy) is 1. The summed E-state index contributed by atoms with van der Waals surface area (Å²) in [6.07, 6.45) is -0.0901. The number of phenols is 2. The number of phenolic OH excluding ortho intramolecular Hbond substituents is 2. The highest BCUT2D eigenvalue weighted by molar-refractivity contribution is 5.90. The molecule has 4 rings (SSSR count). The molecule has 0 aliphatic rings. The molecule has 0 radical (unpaired) electrons. The van der Waals surface area contributed by atoms with Crippen LogP contribution in [0.3, 0.4) is 0 Å². The topological polar surface area (TPSA) is 97.0 Å². The molecule has 1 unspecified atom stereocenters. The Hall–Kier alpha value is -4.06. The summed E-state index contributed by atoms with van der Waals surface area (Å²) in [5.74, 6) is -1.54. The van der Waals surface area contributed by atoms with E-state index in [0.29, 0.717) is 5.56 Å². The first kappa shape index (κ1) is 20.2. The summed E-state index contributed by atoms with van der Waals surface area (Å²) >= 11 is 0. The lowest BCUT2D eigenvalue weighted by Gasteiger charge is -2.20. The van der Waals surface area contributed by atoms with Crippen molar-refractivity contribution in [3.05, 3.63) is 94.1 Å². The second-order valence-electron chi connectivity index (χ2n) is 7.12. The SMILES string of the molecule is COC(=O)CC(c1ccccc1)c1c(O)cc(O)c2c(=O)cc(-c3ccccc3)oc12. The van der Waals surface area contributed by atoms with Crippen molar-refractivity contribution in [1.29, 1.82) is 0 Å². The molecule has 0 saturated carbocycles. The number of rotatable bonds is 5. The van der Waals surface area contributed by atoms with Crippen molar-refractivity contribution >= 4 is 16.9 Å². The van der Waals surface area contributed by atoms with E-state index in [-0.39, 0.29) is 34.5 Å². The van der Waals surface area contributed by atoms with Crippen LogP contribution in [-0.4, -0.2) is 23.3 Å². The number of methoxy groups -OCH3 is 1. The number of fused-ring (bicyclic) bond motifs is 1. The number of benzene rings is 3. The van der Waals surface area contributed by atoms with Crippen molar-refractivity contribution in [3.8, 4) is 22.8 Å². The lowest BCUT2D eigenvalue weighted by molar-refractivity contribution is -0.140. The van der Waals surface area contributed by atoms with E-state index in [1.807, 2.05) is 48.5 Å². The van der Waals surface area contributed by atoms with Gasteiger partial charge in [0.25, 0.3) is 0 Å².